The minimum Gasteiger partial charge on any atom is -0.478 e. The molecule has 106 valence electrons. The molecule has 1 rings (SSSR count). The first-order valence-electron chi connectivity index (χ1n) is 5.93. The van der Waals surface area contributed by atoms with E-state index >= 15 is 0 Å². The molecule has 0 fully saturated rings. The molecule has 0 bridgehead atoms. The molecule has 20 heavy (non-hydrogen) atoms. The third kappa shape index (κ3) is 4.92. The zero-order valence-corrected chi connectivity index (χ0v) is 11.7. The number of halogens is 1. The van der Waals surface area contributed by atoms with Gasteiger partial charge >= 0.3 is 5.97 Å². The van der Waals surface area contributed by atoms with Crippen molar-refractivity contribution in [1.29, 1.82) is 0 Å². The van der Waals surface area contributed by atoms with E-state index in [9.17, 15) is 9.59 Å². The summed E-state index contributed by atoms with van der Waals surface area (Å²) in [5.41, 5.74) is 0.321. The summed E-state index contributed by atoms with van der Waals surface area (Å²) in [4.78, 5) is 22.6. The van der Waals surface area contributed by atoms with Crippen molar-refractivity contribution < 1.29 is 14.7 Å². The van der Waals surface area contributed by atoms with Gasteiger partial charge in [-0.05, 0) is 25.1 Å². The fourth-order valence-electron chi connectivity index (χ4n) is 1.46. The number of nitrogens with one attached hydrogen (secondary N) is 2. The SMILES string of the molecule is C#CCC(C)NCC(=O)Nc1cc(C(=O)O)ccc1Cl. The third-order valence-electron chi connectivity index (χ3n) is 2.52. The lowest BCUT2D eigenvalue weighted by Gasteiger charge is -2.12. The van der Waals surface area contributed by atoms with E-state index in [1.54, 1.807) is 0 Å². The van der Waals surface area contributed by atoms with Gasteiger partial charge in [-0.1, -0.05) is 11.6 Å². The maximum atomic E-state index is 11.7. The first-order valence-corrected chi connectivity index (χ1v) is 6.31. The van der Waals surface area contributed by atoms with Crippen LogP contribution in [-0.4, -0.2) is 29.6 Å². The molecule has 0 aromatic heterocycles. The third-order valence-corrected chi connectivity index (χ3v) is 2.85. The highest BCUT2D eigenvalue weighted by Crippen LogP contribution is 2.22. The van der Waals surface area contributed by atoms with Gasteiger partial charge in [-0.3, -0.25) is 4.79 Å². The van der Waals surface area contributed by atoms with Crippen LogP contribution in [0.1, 0.15) is 23.7 Å². The first kappa shape index (κ1) is 16.0. The summed E-state index contributed by atoms with van der Waals surface area (Å²) in [7, 11) is 0. The second-order valence-electron chi connectivity index (χ2n) is 4.24. The number of hydrogen-bond donors (Lipinski definition) is 3. The Kier molecular flexibility index (Phi) is 6.04. The van der Waals surface area contributed by atoms with Crippen LogP contribution >= 0.6 is 11.6 Å². The second-order valence-corrected chi connectivity index (χ2v) is 4.65. The molecule has 1 atom stereocenters. The van der Waals surface area contributed by atoms with E-state index in [0.29, 0.717) is 6.42 Å². The van der Waals surface area contributed by atoms with Crippen molar-refractivity contribution in [1.82, 2.24) is 5.32 Å². The lowest BCUT2D eigenvalue weighted by Crippen LogP contribution is -2.34. The fraction of sp³-hybridized carbons (Fsp3) is 0.286. The standard InChI is InChI=1S/C14H15ClN2O3/c1-3-4-9(2)16-8-13(18)17-12-7-10(14(19)20)5-6-11(12)15/h1,5-7,9,16H,4,8H2,2H3,(H,17,18)(H,19,20). The largest absolute Gasteiger partial charge is 0.478 e. The van der Waals surface area contributed by atoms with E-state index in [2.05, 4.69) is 16.6 Å². The Hall–Kier alpha value is -2.03. The predicted molar refractivity (Wildman–Crippen MR) is 78.0 cm³/mol. The van der Waals surface area contributed by atoms with Gasteiger partial charge in [-0.2, -0.15) is 0 Å². The number of carbonyl (C=O) groups excluding carboxylic acids is 1. The van der Waals surface area contributed by atoms with Crippen molar-refractivity contribution in [3.8, 4) is 12.3 Å². The number of anilines is 1. The molecule has 0 aliphatic carbocycles. The van der Waals surface area contributed by atoms with E-state index in [-0.39, 0.29) is 34.8 Å². The van der Waals surface area contributed by atoms with Crippen LogP contribution in [0, 0.1) is 12.3 Å². The van der Waals surface area contributed by atoms with Crippen molar-refractivity contribution in [3.05, 3.63) is 28.8 Å². The van der Waals surface area contributed by atoms with E-state index in [0.717, 1.165) is 0 Å². The van der Waals surface area contributed by atoms with Gasteiger partial charge in [0.25, 0.3) is 0 Å². The minimum absolute atomic E-state index is 0.0200. The summed E-state index contributed by atoms with van der Waals surface area (Å²) in [6.07, 6.45) is 5.68. The van der Waals surface area contributed by atoms with Crippen LogP contribution in [0.2, 0.25) is 5.02 Å². The second kappa shape index (κ2) is 7.53. The number of amides is 1. The smallest absolute Gasteiger partial charge is 0.335 e. The summed E-state index contributed by atoms with van der Waals surface area (Å²) in [5.74, 6) is 1.08. The van der Waals surface area contributed by atoms with Crippen LogP contribution in [0.5, 0.6) is 0 Å². The number of carboxylic acid groups (broad SMARTS) is 1. The number of rotatable bonds is 6. The normalized spacial score (nSPS) is 11.4. The molecule has 6 heteroatoms. The van der Waals surface area contributed by atoms with Gasteiger partial charge in [0.05, 0.1) is 22.8 Å². The van der Waals surface area contributed by atoms with Crippen molar-refractivity contribution >= 4 is 29.2 Å². The van der Waals surface area contributed by atoms with Crippen LogP contribution in [0.4, 0.5) is 5.69 Å². The summed E-state index contributed by atoms with van der Waals surface area (Å²) in [6, 6.07) is 4.13. The Bertz CT molecular complexity index is 552. The van der Waals surface area contributed by atoms with E-state index < -0.39 is 5.97 Å². The maximum absolute atomic E-state index is 11.7. The summed E-state index contributed by atoms with van der Waals surface area (Å²) in [6.45, 7) is 1.93. The Morgan fingerprint density at radius 3 is 2.80 bits per heavy atom. The molecule has 1 aromatic carbocycles. The Morgan fingerprint density at radius 2 is 2.20 bits per heavy atom. The molecule has 0 aliphatic rings. The summed E-state index contributed by atoms with van der Waals surface area (Å²) in [5, 5.41) is 14.7. The van der Waals surface area contributed by atoms with Gasteiger partial charge in [0.15, 0.2) is 0 Å². The highest BCUT2D eigenvalue weighted by molar-refractivity contribution is 6.33. The van der Waals surface area contributed by atoms with E-state index in [1.807, 2.05) is 6.92 Å². The summed E-state index contributed by atoms with van der Waals surface area (Å²) >= 11 is 5.90. The molecule has 0 saturated heterocycles. The molecule has 1 amide bonds. The van der Waals surface area contributed by atoms with Gasteiger partial charge in [0.2, 0.25) is 5.91 Å². The molecule has 0 radical (unpaired) electrons. The van der Waals surface area contributed by atoms with Gasteiger partial charge in [0, 0.05) is 12.5 Å². The molecule has 0 spiro atoms. The zero-order chi connectivity index (χ0) is 15.1. The molecular formula is C14H15ClN2O3. The van der Waals surface area contributed by atoms with Gasteiger partial charge < -0.3 is 15.7 Å². The quantitative estimate of drug-likeness (QED) is 0.701. The van der Waals surface area contributed by atoms with Gasteiger partial charge in [0.1, 0.15) is 0 Å². The number of hydrogen-bond acceptors (Lipinski definition) is 3. The van der Waals surface area contributed by atoms with Gasteiger partial charge in [-0.25, -0.2) is 4.79 Å². The number of carboxylic acids is 1. The van der Waals surface area contributed by atoms with Crippen molar-refractivity contribution in [2.75, 3.05) is 11.9 Å². The first-order chi connectivity index (χ1) is 9.43. The number of benzene rings is 1. The molecule has 0 aliphatic heterocycles. The van der Waals surface area contributed by atoms with Crippen LogP contribution in [0.15, 0.2) is 18.2 Å². The molecule has 5 nitrogen and oxygen atoms in total. The number of carbonyl (C=O) groups is 2. The molecule has 1 unspecified atom stereocenters. The molecule has 1 aromatic rings. The maximum Gasteiger partial charge on any atom is 0.335 e. The number of aromatic carboxylic acids is 1. The molecule has 0 saturated carbocycles. The Labute approximate surface area is 122 Å². The van der Waals surface area contributed by atoms with Crippen LogP contribution < -0.4 is 10.6 Å². The minimum atomic E-state index is -1.09. The molecular weight excluding hydrogens is 280 g/mol. The molecule has 0 heterocycles. The topological polar surface area (TPSA) is 78.4 Å². The fourth-order valence-corrected chi connectivity index (χ4v) is 1.63. The Balaban J connectivity index is 2.64. The van der Waals surface area contributed by atoms with Crippen molar-refractivity contribution in [3.63, 3.8) is 0 Å². The molecule has 3 N–H and O–H groups in total. The monoisotopic (exact) mass is 294 g/mol. The average molecular weight is 295 g/mol. The lowest BCUT2D eigenvalue weighted by atomic mass is 10.2. The lowest BCUT2D eigenvalue weighted by molar-refractivity contribution is -0.115. The Morgan fingerprint density at radius 1 is 1.50 bits per heavy atom. The van der Waals surface area contributed by atoms with Crippen LogP contribution in [-0.2, 0) is 4.79 Å². The van der Waals surface area contributed by atoms with E-state index in [1.165, 1.54) is 18.2 Å². The van der Waals surface area contributed by atoms with Crippen molar-refractivity contribution in [2.24, 2.45) is 0 Å². The predicted octanol–water partition coefficient (Wildman–Crippen LogP) is 1.98. The summed E-state index contributed by atoms with van der Waals surface area (Å²) < 4.78 is 0. The highest BCUT2D eigenvalue weighted by Gasteiger charge is 2.10. The van der Waals surface area contributed by atoms with E-state index in [4.69, 9.17) is 23.1 Å². The van der Waals surface area contributed by atoms with Gasteiger partial charge in [-0.15, -0.1) is 12.3 Å². The van der Waals surface area contributed by atoms with Crippen LogP contribution in [0.3, 0.4) is 0 Å². The number of terminal acetylenes is 1. The average Bonchev–Trinajstić information content (AvgIpc) is 2.39. The van der Waals surface area contributed by atoms with Crippen molar-refractivity contribution in [2.45, 2.75) is 19.4 Å². The highest BCUT2D eigenvalue weighted by atomic mass is 35.5. The zero-order valence-electron chi connectivity index (χ0n) is 10.9. The van der Waals surface area contributed by atoms with Crippen LogP contribution in [0.25, 0.3) is 0 Å².